The Balaban J connectivity index is 2.14. The van der Waals surface area contributed by atoms with Crippen LogP contribution in [0.2, 0.25) is 0 Å². The number of rotatable bonds is 2. The van der Waals surface area contributed by atoms with E-state index in [4.69, 9.17) is 5.73 Å². The average molecular weight is 243 g/mol. The van der Waals surface area contributed by atoms with Gasteiger partial charge in [-0.1, -0.05) is 0 Å². The molecule has 94 valence electrons. The number of nitrogens with two attached hydrogens (primary N) is 1. The summed E-state index contributed by atoms with van der Waals surface area (Å²) in [4.78, 5) is 5.14. The second-order valence-corrected chi connectivity index (χ2v) is 6.66. The maximum absolute atomic E-state index is 6.11. The zero-order chi connectivity index (χ0) is 11.8. The molecule has 3 nitrogen and oxygen atoms in total. The van der Waals surface area contributed by atoms with Gasteiger partial charge in [0.2, 0.25) is 0 Å². The summed E-state index contributed by atoms with van der Waals surface area (Å²) in [5, 5.41) is 0. The van der Waals surface area contributed by atoms with E-state index in [0.717, 1.165) is 13.1 Å². The van der Waals surface area contributed by atoms with Gasteiger partial charge in [0.1, 0.15) is 0 Å². The number of hydrogen-bond donors (Lipinski definition) is 1. The molecule has 2 N–H and O–H groups in total. The lowest BCUT2D eigenvalue weighted by Gasteiger charge is -2.46. The summed E-state index contributed by atoms with van der Waals surface area (Å²) in [6.07, 6.45) is 1.23. The van der Waals surface area contributed by atoms with Crippen molar-refractivity contribution in [2.45, 2.75) is 37.9 Å². The third kappa shape index (κ3) is 2.13. The molecule has 2 heterocycles. The molecule has 0 saturated carbocycles. The molecule has 0 aliphatic carbocycles. The Labute approximate surface area is 104 Å². The molecule has 3 atom stereocenters. The van der Waals surface area contributed by atoms with Gasteiger partial charge >= 0.3 is 0 Å². The van der Waals surface area contributed by atoms with Gasteiger partial charge in [-0.2, -0.15) is 11.8 Å². The standard InChI is InChI=1S/C12H25N3S/c1-10-6-12(8-13,9-14(10)3)15-4-5-16-7-11(15)2/h10-11H,4-9,13H2,1-3H3. The van der Waals surface area contributed by atoms with E-state index in [1.54, 1.807) is 0 Å². The van der Waals surface area contributed by atoms with Gasteiger partial charge in [0.05, 0.1) is 0 Å². The summed E-state index contributed by atoms with van der Waals surface area (Å²) in [6, 6.07) is 1.35. The molecule has 0 aromatic rings. The van der Waals surface area contributed by atoms with Crippen molar-refractivity contribution < 1.29 is 0 Å². The second-order valence-electron chi connectivity index (χ2n) is 5.51. The smallest absolute Gasteiger partial charge is 0.0476 e. The molecular weight excluding hydrogens is 218 g/mol. The fourth-order valence-corrected chi connectivity index (χ4v) is 4.31. The number of hydrogen-bond acceptors (Lipinski definition) is 4. The Bertz CT molecular complexity index is 236. The van der Waals surface area contributed by atoms with Gasteiger partial charge in [-0.05, 0) is 27.3 Å². The maximum Gasteiger partial charge on any atom is 0.0476 e. The Morgan fingerprint density at radius 3 is 2.62 bits per heavy atom. The molecule has 0 bridgehead atoms. The number of thioether (sulfide) groups is 1. The van der Waals surface area contributed by atoms with E-state index < -0.39 is 0 Å². The van der Waals surface area contributed by atoms with E-state index in [-0.39, 0.29) is 5.54 Å². The highest BCUT2D eigenvalue weighted by Crippen LogP contribution is 2.34. The van der Waals surface area contributed by atoms with Crippen LogP contribution in [0.4, 0.5) is 0 Å². The van der Waals surface area contributed by atoms with E-state index in [1.165, 1.54) is 24.5 Å². The highest BCUT2D eigenvalue weighted by atomic mass is 32.2. The minimum Gasteiger partial charge on any atom is -0.329 e. The predicted octanol–water partition coefficient (Wildman–Crippen LogP) is 0.845. The summed E-state index contributed by atoms with van der Waals surface area (Å²) >= 11 is 2.08. The zero-order valence-corrected chi connectivity index (χ0v) is 11.6. The molecule has 3 unspecified atom stereocenters. The maximum atomic E-state index is 6.11. The molecule has 0 aromatic carbocycles. The van der Waals surface area contributed by atoms with Gasteiger partial charge in [-0.15, -0.1) is 0 Å². The van der Waals surface area contributed by atoms with E-state index in [1.807, 2.05) is 0 Å². The van der Waals surface area contributed by atoms with Crippen LogP contribution in [0, 0.1) is 0 Å². The zero-order valence-electron chi connectivity index (χ0n) is 10.8. The number of likely N-dealkylation sites (tertiary alicyclic amines) is 1. The van der Waals surface area contributed by atoms with Crippen LogP contribution in [0.5, 0.6) is 0 Å². The van der Waals surface area contributed by atoms with E-state index in [2.05, 4.69) is 42.5 Å². The van der Waals surface area contributed by atoms with Crippen LogP contribution < -0.4 is 5.73 Å². The molecule has 2 fully saturated rings. The number of likely N-dealkylation sites (N-methyl/N-ethyl adjacent to an activating group) is 1. The van der Waals surface area contributed by atoms with Gasteiger partial charge in [-0.25, -0.2) is 0 Å². The number of nitrogens with zero attached hydrogens (tertiary/aromatic N) is 2. The van der Waals surface area contributed by atoms with E-state index in [0.29, 0.717) is 12.1 Å². The van der Waals surface area contributed by atoms with Crippen LogP contribution >= 0.6 is 11.8 Å². The molecular formula is C12H25N3S. The molecule has 2 rings (SSSR count). The van der Waals surface area contributed by atoms with Crippen molar-refractivity contribution in [3.05, 3.63) is 0 Å². The van der Waals surface area contributed by atoms with Crippen molar-refractivity contribution in [2.75, 3.05) is 38.2 Å². The fraction of sp³-hybridized carbons (Fsp3) is 1.00. The van der Waals surface area contributed by atoms with Crippen molar-refractivity contribution in [2.24, 2.45) is 5.73 Å². The molecule has 0 amide bonds. The highest BCUT2D eigenvalue weighted by molar-refractivity contribution is 7.99. The predicted molar refractivity (Wildman–Crippen MR) is 72.0 cm³/mol. The second kappa shape index (κ2) is 4.84. The minimum absolute atomic E-state index is 0.245. The summed E-state index contributed by atoms with van der Waals surface area (Å²) in [7, 11) is 2.23. The lowest BCUT2D eigenvalue weighted by molar-refractivity contribution is 0.0746. The Hall–Kier alpha value is 0.230. The van der Waals surface area contributed by atoms with Gasteiger partial charge < -0.3 is 10.6 Å². The van der Waals surface area contributed by atoms with Crippen LogP contribution in [-0.4, -0.2) is 65.6 Å². The normalized spacial score (nSPS) is 42.8. The first kappa shape index (κ1) is 12.7. The first-order valence-electron chi connectivity index (χ1n) is 6.34. The molecule has 16 heavy (non-hydrogen) atoms. The van der Waals surface area contributed by atoms with Crippen LogP contribution in [0.1, 0.15) is 20.3 Å². The van der Waals surface area contributed by atoms with E-state index in [9.17, 15) is 0 Å². The van der Waals surface area contributed by atoms with Crippen LogP contribution in [0.15, 0.2) is 0 Å². The molecule has 2 aliphatic heterocycles. The summed E-state index contributed by atoms with van der Waals surface area (Å²) < 4.78 is 0. The Morgan fingerprint density at radius 2 is 2.12 bits per heavy atom. The van der Waals surface area contributed by atoms with Crippen LogP contribution in [0.3, 0.4) is 0 Å². The Kier molecular flexibility index (Phi) is 3.84. The third-order valence-corrected chi connectivity index (χ3v) is 5.52. The van der Waals surface area contributed by atoms with Crippen LogP contribution in [0.25, 0.3) is 0 Å². The largest absolute Gasteiger partial charge is 0.329 e. The van der Waals surface area contributed by atoms with Gasteiger partial charge in [0.25, 0.3) is 0 Å². The lowest BCUT2D eigenvalue weighted by Crippen LogP contribution is -2.61. The van der Waals surface area contributed by atoms with Gasteiger partial charge in [0, 0.05) is 48.8 Å². The summed E-state index contributed by atoms with van der Waals surface area (Å²) in [6.45, 7) is 7.83. The average Bonchev–Trinajstić information content (AvgIpc) is 2.56. The molecule has 0 spiro atoms. The molecule has 0 aromatic heterocycles. The third-order valence-electron chi connectivity index (χ3n) is 4.33. The van der Waals surface area contributed by atoms with Crippen molar-refractivity contribution in [1.82, 2.24) is 9.80 Å². The molecule has 2 saturated heterocycles. The summed E-state index contributed by atoms with van der Waals surface area (Å²) in [5.41, 5.74) is 6.36. The molecule has 4 heteroatoms. The van der Waals surface area contributed by atoms with Crippen molar-refractivity contribution in [3.8, 4) is 0 Å². The van der Waals surface area contributed by atoms with Crippen molar-refractivity contribution in [3.63, 3.8) is 0 Å². The van der Waals surface area contributed by atoms with Crippen molar-refractivity contribution >= 4 is 11.8 Å². The lowest BCUT2D eigenvalue weighted by atomic mass is 9.92. The topological polar surface area (TPSA) is 32.5 Å². The molecule has 0 radical (unpaired) electrons. The van der Waals surface area contributed by atoms with Gasteiger partial charge in [0.15, 0.2) is 0 Å². The highest BCUT2D eigenvalue weighted by Gasteiger charge is 2.46. The monoisotopic (exact) mass is 243 g/mol. The van der Waals surface area contributed by atoms with E-state index >= 15 is 0 Å². The Morgan fingerprint density at radius 1 is 1.38 bits per heavy atom. The van der Waals surface area contributed by atoms with Crippen LogP contribution in [-0.2, 0) is 0 Å². The van der Waals surface area contributed by atoms with Gasteiger partial charge in [-0.3, -0.25) is 4.90 Å². The first-order chi connectivity index (χ1) is 7.59. The SMILES string of the molecule is CC1CC(CN)(N2CCSCC2C)CN1C. The minimum atomic E-state index is 0.245. The molecule has 2 aliphatic rings. The van der Waals surface area contributed by atoms with Crippen molar-refractivity contribution in [1.29, 1.82) is 0 Å². The quantitative estimate of drug-likeness (QED) is 0.779. The fourth-order valence-electron chi connectivity index (χ4n) is 3.30. The first-order valence-corrected chi connectivity index (χ1v) is 7.49. The summed E-state index contributed by atoms with van der Waals surface area (Å²) in [5.74, 6) is 2.53.